The lowest BCUT2D eigenvalue weighted by molar-refractivity contribution is -0.128. The van der Waals surface area contributed by atoms with Gasteiger partial charge in [0.1, 0.15) is 0 Å². The fraction of sp³-hybridized carbons (Fsp3) is 0.722. The lowest BCUT2D eigenvalue weighted by atomic mass is 9.83. The minimum Gasteiger partial charge on any atom is -0.340 e. The van der Waals surface area contributed by atoms with Crippen molar-refractivity contribution in [3.05, 3.63) is 18.5 Å². The Morgan fingerprint density at radius 1 is 1.12 bits per heavy atom. The fourth-order valence-corrected chi connectivity index (χ4v) is 4.90. The third-order valence-electron chi connectivity index (χ3n) is 5.76. The molecule has 0 aromatic carbocycles. The summed E-state index contributed by atoms with van der Waals surface area (Å²) in [5.41, 5.74) is 0. The second-order valence-electron chi connectivity index (χ2n) is 7.47. The predicted octanol–water partition coefficient (Wildman–Crippen LogP) is 2.29. The first-order valence-electron chi connectivity index (χ1n) is 9.19. The number of rotatable bonds is 5. The topological polar surface area (TPSA) is 49.3 Å². The first-order chi connectivity index (χ1) is 11.8. The Balaban J connectivity index is 1.33. The van der Waals surface area contributed by atoms with Crippen molar-refractivity contribution in [3.63, 3.8) is 0 Å². The van der Waals surface area contributed by atoms with Gasteiger partial charge in [0.05, 0.1) is 5.75 Å². The van der Waals surface area contributed by atoms with E-state index in [0.717, 1.165) is 19.0 Å². The van der Waals surface area contributed by atoms with Crippen LogP contribution in [-0.2, 0) is 4.79 Å². The molecule has 6 heteroatoms. The zero-order chi connectivity index (χ0) is 16.4. The van der Waals surface area contributed by atoms with Crippen LogP contribution in [0.15, 0.2) is 23.6 Å². The molecular formula is C18H26N4OS. The molecule has 1 aromatic rings. The molecule has 1 aromatic heterocycles. The van der Waals surface area contributed by atoms with E-state index in [9.17, 15) is 4.79 Å². The maximum absolute atomic E-state index is 12.7. The minimum atomic E-state index is 0.245. The van der Waals surface area contributed by atoms with Crippen LogP contribution in [0.5, 0.6) is 0 Å². The van der Waals surface area contributed by atoms with Crippen molar-refractivity contribution in [2.45, 2.75) is 43.3 Å². The van der Waals surface area contributed by atoms with Gasteiger partial charge in [-0.05, 0) is 43.6 Å². The second-order valence-corrected chi connectivity index (χ2v) is 8.41. The highest BCUT2D eigenvalue weighted by atomic mass is 32.2. The quantitative estimate of drug-likeness (QED) is 0.605. The highest BCUT2D eigenvalue weighted by Gasteiger charge is 2.37. The maximum Gasteiger partial charge on any atom is 0.233 e. The molecule has 3 saturated heterocycles. The number of carbonyl (C=O) groups is 1. The van der Waals surface area contributed by atoms with Crippen LogP contribution in [0.25, 0.3) is 0 Å². The summed E-state index contributed by atoms with van der Waals surface area (Å²) in [4.78, 5) is 25.9. The number of carbonyl (C=O) groups excluding carboxylic acids is 1. The summed E-state index contributed by atoms with van der Waals surface area (Å²) in [5, 5.41) is 0.690. The van der Waals surface area contributed by atoms with Gasteiger partial charge in [-0.15, -0.1) is 0 Å². The number of aromatic nitrogens is 2. The van der Waals surface area contributed by atoms with E-state index in [0.29, 0.717) is 22.9 Å². The molecule has 4 aliphatic rings. The fourth-order valence-electron chi connectivity index (χ4n) is 4.19. The molecule has 4 fully saturated rings. The molecular weight excluding hydrogens is 320 g/mol. The van der Waals surface area contributed by atoms with Crippen LogP contribution in [0.1, 0.15) is 32.1 Å². The van der Waals surface area contributed by atoms with E-state index in [4.69, 9.17) is 0 Å². The highest BCUT2D eigenvalue weighted by Crippen LogP contribution is 2.33. The maximum atomic E-state index is 12.7. The SMILES string of the molecule is O=C(CSc1ncccn1)N1C[C@@H]2CC[C@H](C1)N(CC1CCC1)C2. The normalized spacial score (nSPS) is 27.8. The summed E-state index contributed by atoms with van der Waals surface area (Å²) in [5.74, 6) is 2.27. The van der Waals surface area contributed by atoms with Crippen LogP contribution in [0.4, 0.5) is 0 Å². The molecule has 5 nitrogen and oxygen atoms in total. The van der Waals surface area contributed by atoms with E-state index in [1.54, 1.807) is 18.5 Å². The number of nitrogens with zero attached hydrogens (tertiary/aromatic N) is 4. The molecule has 2 atom stereocenters. The lowest BCUT2D eigenvalue weighted by Gasteiger charge is -2.40. The van der Waals surface area contributed by atoms with Crippen LogP contribution in [0.2, 0.25) is 0 Å². The smallest absolute Gasteiger partial charge is 0.233 e. The highest BCUT2D eigenvalue weighted by molar-refractivity contribution is 7.99. The second kappa shape index (κ2) is 7.40. The molecule has 0 spiro atoms. The van der Waals surface area contributed by atoms with E-state index < -0.39 is 0 Å². The van der Waals surface area contributed by atoms with E-state index in [-0.39, 0.29) is 5.91 Å². The Hall–Kier alpha value is -1.14. The Morgan fingerprint density at radius 2 is 1.96 bits per heavy atom. The van der Waals surface area contributed by atoms with Crippen molar-refractivity contribution in [2.75, 3.05) is 31.9 Å². The van der Waals surface area contributed by atoms with E-state index in [1.165, 1.54) is 57.0 Å². The minimum absolute atomic E-state index is 0.245. The lowest BCUT2D eigenvalue weighted by Crippen LogP contribution is -2.47. The van der Waals surface area contributed by atoms with Gasteiger partial charge in [-0.2, -0.15) is 0 Å². The van der Waals surface area contributed by atoms with E-state index in [2.05, 4.69) is 19.8 Å². The van der Waals surface area contributed by atoms with Crippen molar-refractivity contribution < 1.29 is 4.79 Å². The zero-order valence-corrected chi connectivity index (χ0v) is 15.0. The van der Waals surface area contributed by atoms with Crippen molar-refractivity contribution in [1.82, 2.24) is 19.8 Å². The Morgan fingerprint density at radius 3 is 2.71 bits per heavy atom. The Kier molecular flexibility index (Phi) is 5.03. The Labute approximate surface area is 148 Å². The van der Waals surface area contributed by atoms with Gasteiger partial charge >= 0.3 is 0 Å². The summed E-state index contributed by atoms with van der Waals surface area (Å²) >= 11 is 1.45. The summed E-state index contributed by atoms with van der Waals surface area (Å²) in [6.07, 6.45) is 10.2. The van der Waals surface area contributed by atoms with Crippen LogP contribution < -0.4 is 0 Å². The molecule has 1 aliphatic carbocycles. The Bertz CT molecular complexity index is 565. The van der Waals surface area contributed by atoms with Crippen LogP contribution >= 0.6 is 11.8 Å². The van der Waals surface area contributed by atoms with Gasteiger partial charge < -0.3 is 4.90 Å². The molecule has 4 heterocycles. The number of hydrogen-bond donors (Lipinski definition) is 0. The number of piperidine rings is 1. The first-order valence-corrected chi connectivity index (χ1v) is 10.2. The molecule has 1 amide bonds. The van der Waals surface area contributed by atoms with Gasteiger partial charge in [0.15, 0.2) is 5.16 Å². The number of amides is 1. The van der Waals surface area contributed by atoms with Gasteiger partial charge in [-0.3, -0.25) is 9.69 Å². The third-order valence-corrected chi connectivity index (χ3v) is 6.62. The van der Waals surface area contributed by atoms with Crippen LogP contribution in [0, 0.1) is 11.8 Å². The molecule has 0 unspecified atom stereocenters. The van der Waals surface area contributed by atoms with Gasteiger partial charge in [0.2, 0.25) is 5.91 Å². The molecule has 24 heavy (non-hydrogen) atoms. The average Bonchev–Trinajstić information content (AvgIpc) is 2.89. The monoisotopic (exact) mass is 346 g/mol. The van der Waals surface area contributed by atoms with Gasteiger partial charge in [0, 0.05) is 44.6 Å². The zero-order valence-electron chi connectivity index (χ0n) is 14.1. The molecule has 3 aliphatic heterocycles. The van der Waals surface area contributed by atoms with Crippen molar-refractivity contribution in [3.8, 4) is 0 Å². The molecule has 1 saturated carbocycles. The molecule has 5 rings (SSSR count). The summed E-state index contributed by atoms with van der Waals surface area (Å²) in [7, 11) is 0. The van der Waals surface area contributed by atoms with Crippen LogP contribution in [0.3, 0.4) is 0 Å². The van der Waals surface area contributed by atoms with E-state index >= 15 is 0 Å². The molecule has 130 valence electrons. The van der Waals surface area contributed by atoms with E-state index in [1.807, 2.05) is 0 Å². The third kappa shape index (κ3) is 3.75. The number of hydrogen-bond acceptors (Lipinski definition) is 5. The standard InChI is InChI=1S/C18H26N4OS/c23-17(13-24-18-19-7-2-8-20-18)22-11-15-5-6-16(12-22)21(10-15)9-14-3-1-4-14/h2,7-8,14-16H,1,3-6,9-13H2/t15-,16-/m1/s1. The van der Waals surface area contributed by atoms with Crippen molar-refractivity contribution in [2.24, 2.45) is 11.8 Å². The van der Waals surface area contributed by atoms with Crippen molar-refractivity contribution >= 4 is 17.7 Å². The summed E-state index contributed by atoms with van der Waals surface area (Å²) in [6, 6.07) is 2.38. The average molecular weight is 347 g/mol. The predicted molar refractivity (Wildman–Crippen MR) is 94.8 cm³/mol. The number of thioether (sulfide) groups is 1. The van der Waals surface area contributed by atoms with Crippen molar-refractivity contribution in [1.29, 1.82) is 0 Å². The van der Waals surface area contributed by atoms with Gasteiger partial charge in [-0.25, -0.2) is 9.97 Å². The molecule has 2 bridgehead atoms. The number of fused-ring (bicyclic) bond motifs is 4. The summed E-state index contributed by atoms with van der Waals surface area (Å²) < 4.78 is 0. The first kappa shape index (κ1) is 16.3. The van der Waals surface area contributed by atoms with Crippen LogP contribution in [-0.4, -0.2) is 63.6 Å². The van der Waals surface area contributed by atoms with Gasteiger partial charge in [0.25, 0.3) is 0 Å². The molecule has 0 N–H and O–H groups in total. The summed E-state index contributed by atoms with van der Waals surface area (Å²) in [6.45, 7) is 4.31. The van der Waals surface area contributed by atoms with Gasteiger partial charge in [-0.1, -0.05) is 18.2 Å². The molecule has 0 radical (unpaired) electrons. The largest absolute Gasteiger partial charge is 0.340 e.